The summed E-state index contributed by atoms with van der Waals surface area (Å²) in [5, 5.41) is 10.5. The van der Waals surface area contributed by atoms with Crippen LogP contribution >= 0.6 is 0 Å². The number of morpholine rings is 1. The van der Waals surface area contributed by atoms with Crippen molar-refractivity contribution in [2.45, 2.75) is 12.2 Å². The highest BCUT2D eigenvalue weighted by atomic mass is 16.7. The van der Waals surface area contributed by atoms with E-state index < -0.39 is 6.10 Å². The quantitative estimate of drug-likeness (QED) is 0.865. The van der Waals surface area contributed by atoms with Gasteiger partial charge in [-0.15, -0.1) is 0 Å². The number of hydrogen-bond acceptors (Lipinski definition) is 6. The van der Waals surface area contributed by atoms with Gasteiger partial charge in [-0.1, -0.05) is 6.07 Å². The van der Waals surface area contributed by atoms with Crippen LogP contribution in [0.4, 0.5) is 0 Å². The maximum absolute atomic E-state index is 10.5. The fourth-order valence-corrected chi connectivity index (χ4v) is 2.93. The summed E-state index contributed by atoms with van der Waals surface area (Å²) in [6.07, 6.45) is -0.333. The van der Waals surface area contributed by atoms with E-state index in [1.807, 2.05) is 32.3 Å². The first-order valence-corrected chi connectivity index (χ1v) is 7.68. The summed E-state index contributed by atoms with van der Waals surface area (Å²) in [4.78, 5) is 4.38. The van der Waals surface area contributed by atoms with E-state index in [4.69, 9.17) is 14.2 Å². The molecule has 2 aliphatic rings. The molecule has 1 fully saturated rings. The predicted molar refractivity (Wildman–Crippen MR) is 82.3 cm³/mol. The summed E-state index contributed by atoms with van der Waals surface area (Å²) in [6.45, 7) is 4.17. The van der Waals surface area contributed by atoms with E-state index in [0.29, 0.717) is 18.9 Å². The first-order chi connectivity index (χ1) is 10.6. The zero-order valence-electron chi connectivity index (χ0n) is 13.2. The van der Waals surface area contributed by atoms with Gasteiger partial charge in [0.1, 0.15) is 0 Å². The number of nitrogens with zero attached hydrogens (tertiary/aromatic N) is 2. The molecular formula is C16H24N2O4. The van der Waals surface area contributed by atoms with E-state index in [-0.39, 0.29) is 12.9 Å². The van der Waals surface area contributed by atoms with E-state index >= 15 is 0 Å². The van der Waals surface area contributed by atoms with E-state index in [0.717, 1.165) is 30.9 Å². The summed E-state index contributed by atoms with van der Waals surface area (Å²) < 4.78 is 16.4. The summed E-state index contributed by atoms with van der Waals surface area (Å²) in [7, 11) is 4.09. The molecule has 6 heteroatoms. The highest BCUT2D eigenvalue weighted by Gasteiger charge is 2.24. The summed E-state index contributed by atoms with van der Waals surface area (Å²) in [5.41, 5.74) is 0.861. The van der Waals surface area contributed by atoms with Crippen molar-refractivity contribution in [2.75, 3.05) is 53.7 Å². The summed E-state index contributed by atoms with van der Waals surface area (Å²) in [5.74, 6) is 1.46. The minimum Gasteiger partial charge on any atom is -0.454 e. The largest absolute Gasteiger partial charge is 0.454 e. The second-order valence-electron chi connectivity index (χ2n) is 6.14. The Balaban J connectivity index is 1.58. The number of aliphatic hydroxyl groups excluding tert-OH is 1. The Bertz CT molecular complexity index is 509. The molecule has 0 bridgehead atoms. The van der Waals surface area contributed by atoms with Crippen LogP contribution in [0.25, 0.3) is 0 Å². The van der Waals surface area contributed by atoms with Crippen molar-refractivity contribution in [3.05, 3.63) is 23.8 Å². The Morgan fingerprint density at radius 1 is 1.32 bits per heavy atom. The molecule has 0 saturated carbocycles. The summed E-state index contributed by atoms with van der Waals surface area (Å²) in [6, 6.07) is 5.62. The van der Waals surface area contributed by atoms with Crippen molar-refractivity contribution in [1.82, 2.24) is 9.80 Å². The Morgan fingerprint density at radius 3 is 2.95 bits per heavy atom. The van der Waals surface area contributed by atoms with Crippen LogP contribution in [0.15, 0.2) is 18.2 Å². The third-order valence-corrected chi connectivity index (χ3v) is 4.00. The van der Waals surface area contributed by atoms with Crippen molar-refractivity contribution >= 4 is 0 Å². The predicted octanol–water partition coefficient (Wildman–Crippen LogP) is 0.711. The van der Waals surface area contributed by atoms with Crippen LogP contribution < -0.4 is 9.47 Å². The molecule has 1 aromatic carbocycles. The lowest BCUT2D eigenvalue weighted by Crippen LogP contribution is -2.47. The fraction of sp³-hybridized carbons (Fsp3) is 0.625. The Labute approximate surface area is 131 Å². The monoisotopic (exact) mass is 308 g/mol. The molecule has 122 valence electrons. The second-order valence-corrected chi connectivity index (χ2v) is 6.14. The first-order valence-electron chi connectivity index (χ1n) is 7.68. The van der Waals surface area contributed by atoms with Crippen LogP contribution in [-0.2, 0) is 4.74 Å². The highest BCUT2D eigenvalue weighted by molar-refractivity contribution is 5.45. The zero-order chi connectivity index (χ0) is 15.5. The first kappa shape index (κ1) is 15.6. The maximum atomic E-state index is 10.5. The molecule has 6 nitrogen and oxygen atoms in total. The van der Waals surface area contributed by atoms with Gasteiger partial charge in [-0.05, 0) is 31.8 Å². The second kappa shape index (κ2) is 6.83. The molecule has 22 heavy (non-hydrogen) atoms. The minimum absolute atomic E-state index is 0.202. The normalized spacial score (nSPS) is 23.0. The molecule has 2 aliphatic heterocycles. The van der Waals surface area contributed by atoms with Crippen LogP contribution in [0, 0.1) is 0 Å². The van der Waals surface area contributed by atoms with Gasteiger partial charge in [0.2, 0.25) is 6.79 Å². The molecule has 3 rings (SSSR count). The minimum atomic E-state index is -0.535. The van der Waals surface area contributed by atoms with Crippen molar-refractivity contribution in [3.8, 4) is 11.5 Å². The van der Waals surface area contributed by atoms with Gasteiger partial charge in [-0.2, -0.15) is 0 Å². The molecule has 0 unspecified atom stereocenters. The van der Waals surface area contributed by atoms with E-state index in [1.165, 1.54) is 0 Å². The number of aliphatic hydroxyl groups is 1. The number of β-amino-alcohol motifs (C(OH)–C–C–N with tert-alkyl or cyclic N) is 1. The lowest BCUT2D eigenvalue weighted by Gasteiger charge is -2.35. The molecule has 0 spiro atoms. The topological polar surface area (TPSA) is 54.4 Å². The zero-order valence-corrected chi connectivity index (χ0v) is 13.2. The van der Waals surface area contributed by atoms with Crippen molar-refractivity contribution < 1.29 is 19.3 Å². The molecule has 0 radical (unpaired) electrons. The van der Waals surface area contributed by atoms with Crippen LogP contribution in [0.5, 0.6) is 11.5 Å². The van der Waals surface area contributed by atoms with Crippen LogP contribution in [0.1, 0.15) is 11.7 Å². The lowest BCUT2D eigenvalue weighted by atomic mass is 10.1. The number of fused-ring (bicyclic) bond motifs is 1. The molecule has 2 heterocycles. The van der Waals surface area contributed by atoms with E-state index in [9.17, 15) is 5.11 Å². The Hall–Kier alpha value is -1.34. The van der Waals surface area contributed by atoms with Crippen molar-refractivity contribution in [1.29, 1.82) is 0 Å². The standard InChI is InChI=1S/C16H24N2O4/c1-17(2)8-13-9-18(5-6-20-13)10-14(19)12-3-4-15-16(7-12)22-11-21-15/h3-4,7,13-14,19H,5-6,8-11H2,1-2H3/t13-,14-/m0/s1. The van der Waals surface area contributed by atoms with Gasteiger partial charge in [0, 0.05) is 26.2 Å². The Morgan fingerprint density at radius 2 is 2.14 bits per heavy atom. The average Bonchev–Trinajstić information content (AvgIpc) is 2.94. The molecule has 1 saturated heterocycles. The number of benzene rings is 1. The summed E-state index contributed by atoms with van der Waals surface area (Å²) >= 11 is 0. The highest BCUT2D eigenvalue weighted by Crippen LogP contribution is 2.34. The maximum Gasteiger partial charge on any atom is 0.231 e. The molecular weight excluding hydrogens is 284 g/mol. The lowest BCUT2D eigenvalue weighted by molar-refractivity contribution is -0.0489. The SMILES string of the molecule is CN(C)C[C@H]1CN(C[C@H](O)c2ccc3c(c2)OCO3)CCO1. The van der Waals surface area contributed by atoms with Gasteiger partial charge >= 0.3 is 0 Å². The van der Waals surface area contributed by atoms with Gasteiger partial charge in [0.05, 0.1) is 18.8 Å². The number of likely N-dealkylation sites (N-methyl/N-ethyl adjacent to an activating group) is 1. The van der Waals surface area contributed by atoms with Gasteiger partial charge < -0.3 is 24.2 Å². The fourth-order valence-electron chi connectivity index (χ4n) is 2.93. The van der Waals surface area contributed by atoms with Crippen LogP contribution in [0.2, 0.25) is 0 Å². The number of rotatable bonds is 5. The Kier molecular flexibility index (Phi) is 4.83. The van der Waals surface area contributed by atoms with Crippen molar-refractivity contribution in [2.24, 2.45) is 0 Å². The van der Waals surface area contributed by atoms with Crippen LogP contribution in [0.3, 0.4) is 0 Å². The smallest absolute Gasteiger partial charge is 0.231 e. The average molecular weight is 308 g/mol. The molecule has 0 aliphatic carbocycles. The van der Waals surface area contributed by atoms with Gasteiger partial charge in [-0.3, -0.25) is 4.90 Å². The molecule has 1 N–H and O–H groups in total. The molecule has 0 amide bonds. The van der Waals surface area contributed by atoms with Gasteiger partial charge in [-0.25, -0.2) is 0 Å². The van der Waals surface area contributed by atoms with Crippen LogP contribution in [-0.4, -0.2) is 74.7 Å². The molecule has 2 atom stereocenters. The third kappa shape index (κ3) is 3.70. The van der Waals surface area contributed by atoms with E-state index in [2.05, 4.69) is 9.80 Å². The van der Waals surface area contributed by atoms with Crippen molar-refractivity contribution in [3.63, 3.8) is 0 Å². The number of hydrogen-bond donors (Lipinski definition) is 1. The third-order valence-electron chi connectivity index (χ3n) is 4.00. The van der Waals surface area contributed by atoms with Gasteiger partial charge in [0.25, 0.3) is 0 Å². The molecule has 1 aromatic rings. The number of ether oxygens (including phenoxy) is 3. The van der Waals surface area contributed by atoms with E-state index in [1.54, 1.807) is 0 Å². The van der Waals surface area contributed by atoms with Gasteiger partial charge in [0.15, 0.2) is 11.5 Å². The molecule has 0 aromatic heterocycles.